The standard InChI is InChI=1S/C13H28OSSi/c1-3-5-9-14-16(10-6-4-2)11-7-13(15)8-12-16/h13,15H,3-12H2,1-2H3. The summed E-state index contributed by atoms with van der Waals surface area (Å²) in [4.78, 5) is 0. The average molecular weight is 261 g/mol. The van der Waals surface area contributed by atoms with E-state index in [1.165, 1.54) is 56.7 Å². The van der Waals surface area contributed by atoms with Crippen LogP contribution in [-0.4, -0.2) is 20.2 Å². The highest BCUT2D eigenvalue weighted by Gasteiger charge is 2.37. The molecular weight excluding hydrogens is 232 g/mol. The third-order valence-corrected chi connectivity index (χ3v) is 8.76. The average Bonchev–Trinajstić information content (AvgIpc) is 2.31. The van der Waals surface area contributed by atoms with Gasteiger partial charge in [0.2, 0.25) is 0 Å². The molecule has 0 aliphatic carbocycles. The molecule has 0 aromatic heterocycles. The Bertz CT molecular complexity index is 173. The predicted octanol–water partition coefficient (Wildman–Crippen LogP) is 4.64. The maximum atomic E-state index is 6.37. The van der Waals surface area contributed by atoms with E-state index >= 15 is 0 Å². The molecule has 0 saturated carbocycles. The predicted molar refractivity (Wildman–Crippen MR) is 78.0 cm³/mol. The van der Waals surface area contributed by atoms with Crippen molar-refractivity contribution in [1.29, 1.82) is 0 Å². The van der Waals surface area contributed by atoms with Crippen molar-refractivity contribution in [2.24, 2.45) is 0 Å². The van der Waals surface area contributed by atoms with Gasteiger partial charge in [0, 0.05) is 11.9 Å². The Morgan fingerprint density at radius 3 is 2.31 bits per heavy atom. The summed E-state index contributed by atoms with van der Waals surface area (Å²) in [7, 11) is -1.33. The summed E-state index contributed by atoms with van der Waals surface area (Å²) in [6.45, 7) is 5.55. The summed E-state index contributed by atoms with van der Waals surface area (Å²) < 4.78 is 6.37. The topological polar surface area (TPSA) is 9.23 Å². The fourth-order valence-corrected chi connectivity index (χ4v) is 7.78. The van der Waals surface area contributed by atoms with E-state index in [1.807, 2.05) is 0 Å². The summed E-state index contributed by atoms with van der Waals surface area (Å²) in [6.07, 6.45) is 7.78. The van der Waals surface area contributed by atoms with Gasteiger partial charge < -0.3 is 4.43 Å². The minimum atomic E-state index is -1.33. The van der Waals surface area contributed by atoms with Crippen molar-refractivity contribution in [3.8, 4) is 0 Å². The molecular formula is C13H28OSSi. The molecule has 0 atom stereocenters. The Labute approximate surface area is 108 Å². The van der Waals surface area contributed by atoms with E-state index < -0.39 is 8.32 Å². The molecule has 0 radical (unpaired) electrons. The Morgan fingerprint density at radius 2 is 1.75 bits per heavy atom. The zero-order chi connectivity index (χ0) is 11.9. The molecule has 0 unspecified atom stereocenters. The van der Waals surface area contributed by atoms with E-state index in [0.717, 1.165) is 6.61 Å². The van der Waals surface area contributed by atoms with E-state index in [9.17, 15) is 0 Å². The second-order valence-electron chi connectivity index (χ2n) is 5.22. The van der Waals surface area contributed by atoms with Gasteiger partial charge in [-0.05, 0) is 37.4 Å². The van der Waals surface area contributed by atoms with Crippen LogP contribution < -0.4 is 0 Å². The van der Waals surface area contributed by atoms with Crippen LogP contribution in [0, 0.1) is 0 Å². The monoisotopic (exact) mass is 260 g/mol. The van der Waals surface area contributed by atoms with Crippen molar-refractivity contribution < 1.29 is 4.43 Å². The number of thiol groups is 1. The van der Waals surface area contributed by atoms with E-state index in [-0.39, 0.29) is 0 Å². The quantitative estimate of drug-likeness (QED) is 0.398. The van der Waals surface area contributed by atoms with Crippen molar-refractivity contribution >= 4 is 20.9 Å². The van der Waals surface area contributed by atoms with Gasteiger partial charge in [-0.1, -0.05) is 33.1 Å². The Balaban J connectivity index is 2.40. The van der Waals surface area contributed by atoms with Crippen LogP contribution in [0.3, 0.4) is 0 Å². The molecule has 0 spiro atoms. The summed E-state index contributed by atoms with van der Waals surface area (Å²) >= 11 is 4.61. The van der Waals surface area contributed by atoms with Gasteiger partial charge in [-0.25, -0.2) is 0 Å². The van der Waals surface area contributed by atoms with Crippen molar-refractivity contribution in [1.82, 2.24) is 0 Å². The van der Waals surface area contributed by atoms with Crippen LogP contribution in [0.5, 0.6) is 0 Å². The second kappa shape index (κ2) is 7.78. The van der Waals surface area contributed by atoms with E-state index in [4.69, 9.17) is 4.43 Å². The molecule has 1 fully saturated rings. The first-order chi connectivity index (χ1) is 7.72. The number of rotatable bonds is 7. The molecule has 1 heterocycles. The molecule has 0 aromatic rings. The summed E-state index contributed by atoms with van der Waals surface area (Å²) in [6, 6.07) is 4.13. The largest absolute Gasteiger partial charge is 0.417 e. The molecule has 0 amide bonds. The normalized spacial score (nSPS) is 30.6. The summed E-state index contributed by atoms with van der Waals surface area (Å²) in [5, 5.41) is 0.650. The third kappa shape index (κ3) is 4.80. The highest BCUT2D eigenvalue weighted by Crippen LogP contribution is 2.36. The smallest absolute Gasteiger partial charge is 0.192 e. The van der Waals surface area contributed by atoms with Crippen LogP contribution in [0.15, 0.2) is 0 Å². The van der Waals surface area contributed by atoms with Gasteiger partial charge in [-0.15, -0.1) is 0 Å². The lowest BCUT2D eigenvalue weighted by atomic mass is 10.2. The van der Waals surface area contributed by atoms with Gasteiger partial charge in [0.15, 0.2) is 8.32 Å². The molecule has 0 aromatic carbocycles. The lowest BCUT2D eigenvalue weighted by molar-refractivity contribution is 0.282. The molecule has 16 heavy (non-hydrogen) atoms. The SMILES string of the molecule is CCCCO[Si]1(CCCC)CCC(S)CC1. The van der Waals surface area contributed by atoms with Gasteiger partial charge in [-0.3, -0.25) is 0 Å². The molecule has 3 heteroatoms. The molecule has 1 rings (SSSR count). The molecule has 1 nitrogen and oxygen atoms in total. The van der Waals surface area contributed by atoms with E-state index in [1.54, 1.807) is 0 Å². The van der Waals surface area contributed by atoms with Crippen molar-refractivity contribution in [3.05, 3.63) is 0 Å². The van der Waals surface area contributed by atoms with Crippen molar-refractivity contribution in [3.63, 3.8) is 0 Å². The second-order valence-corrected chi connectivity index (χ2v) is 10.1. The minimum absolute atomic E-state index is 0.650. The Hall–Kier alpha value is 0.527. The number of hydrogen-bond donors (Lipinski definition) is 1. The van der Waals surface area contributed by atoms with Gasteiger partial charge in [0.05, 0.1) is 0 Å². The van der Waals surface area contributed by atoms with Crippen molar-refractivity contribution in [2.75, 3.05) is 6.61 Å². The molecule has 1 saturated heterocycles. The van der Waals surface area contributed by atoms with Crippen LogP contribution in [0.1, 0.15) is 52.4 Å². The van der Waals surface area contributed by atoms with Gasteiger partial charge >= 0.3 is 0 Å². The molecule has 1 aliphatic rings. The fraction of sp³-hybridized carbons (Fsp3) is 1.00. The highest BCUT2D eigenvalue weighted by atomic mass is 32.1. The van der Waals surface area contributed by atoms with Crippen LogP contribution in [-0.2, 0) is 4.43 Å². The Kier molecular flexibility index (Phi) is 7.09. The van der Waals surface area contributed by atoms with Gasteiger partial charge in [-0.2, -0.15) is 12.6 Å². The van der Waals surface area contributed by atoms with E-state index in [2.05, 4.69) is 26.5 Å². The fourth-order valence-electron chi connectivity index (χ4n) is 2.53. The van der Waals surface area contributed by atoms with Crippen LogP contribution >= 0.6 is 12.6 Å². The first-order valence-electron chi connectivity index (χ1n) is 7.04. The molecule has 96 valence electrons. The van der Waals surface area contributed by atoms with Crippen LogP contribution in [0.4, 0.5) is 0 Å². The van der Waals surface area contributed by atoms with E-state index in [0.29, 0.717) is 5.25 Å². The number of hydrogen-bond acceptors (Lipinski definition) is 2. The zero-order valence-electron chi connectivity index (χ0n) is 11.0. The summed E-state index contributed by atoms with van der Waals surface area (Å²) in [5.74, 6) is 0. The third-order valence-electron chi connectivity index (χ3n) is 3.76. The molecule has 1 aliphatic heterocycles. The van der Waals surface area contributed by atoms with Crippen LogP contribution in [0.25, 0.3) is 0 Å². The summed E-state index contributed by atoms with van der Waals surface area (Å²) in [5.41, 5.74) is 0. The molecule has 0 N–H and O–H groups in total. The zero-order valence-corrected chi connectivity index (χ0v) is 12.9. The van der Waals surface area contributed by atoms with Crippen molar-refractivity contribution in [2.45, 2.75) is 75.8 Å². The first kappa shape index (κ1) is 14.6. The lowest BCUT2D eigenvalue weighted by Crippen LogP contribution is -2.42. The Morgan fingerprint density at radius 1 is 1.12 bits per heavy atom. The lowest BCUT2D eigenvalue weighted by Gasteiger charge is -2.37. The first-order valence-corrected chi connectivity index (χ1v) is 10.1. The molecule has 0 bridgehead atoms. The maximum Gasteiger partial charge on any atom is 0.192 e. The number of unbranched alkanes of at least 4 members (excludes halogenated alkanes) is 2. The van der Waals surface area contributed by atoms with Gasteiger partial charge in [0.25, 0.3) is 0 Å². The maximum absolute atomic E-state index is 6.37. The van der Waals surface area contributed by atoms with Crippen LogP contribution in [0.2, 0.25) is 18.1 Å². The minimum Gasteiger partial charge on any atom is -0.417 e. The van der Waals surface area contributed by atoms with Gasteiger partial charge in [0.1, 0.15) is 0 Å². The highest BCUT2D eigenvalue weighted by molar-refractivity contribution is 7.81.